The van der Waals surface area contributed by atoms with E-state index in [1.54, 1.807) is 5.57 Å². The third-order valence-electron chi connectivity index (χ3n) is 11.8. The summed E-state index contributed by atoms with van der Waals surface area (Å²) in [6.07, 6.45) is 27.5. The van der Waals surface area contributed by atoms with E-state index in [1.807, 2.05) is 0 Å². The maximum Gasteiger partial charge on any atom is 0.0939 e. The predicted molar refractivity (Wildman–Crippen MR) is 179 cm³/mol. The van der Waals surface area contributed by atoms with E-state index in [1.165, 1.54) is 103 Å². The van der Waals surface area contributed by atoms with Crippen molar-refractivity contribution in [1.29, 1.82) is 0 Å². The third kappa shape index (κ3) is 9.68. The topological polar surface area (TPSA) is 27.7 Å². The quantitative estimate of drug-likeness (QED) is 0.266. The highest BCUT2D eigenvalue weighted by molar-refractivity contribution is 5.11. The Morgan fingerprint density at radius 3 is 1.57 bits per heavy atom. The molecule has 0 bridgehead atoms. The Balaban J connectivity index is 0.000000171. The molecule has 6 rings (SSSR count). The van der Waals surface area contributed by atoms with Crippen LogP contribution in [0.25, 0.3) is 0 Å². The molecule has 2 saturated carbocycles. The smallest absolute Gasteiger partial charge is 0.0939 e. The lowest BCUT2D eigenvalue weighted by Crippen LogP contribution is -2.38. The van der Waals surface area contributed by atoms with E-state index >= 15 is 0 Å². The van der Waals surface area contributed by atoms with E-state index in [0.717, 1.165) is 68.2 Å². The first-order valence-electron chi connectivity index (χ1n) is 17.2. The minimum atomic E-state index is 0. The minimum Gasteiger partial charge on any atom is -0.498 e. The molecule has 3 spiro atoms. The molecule has 0 N–H and O–H groups in total. The van der Waals surface area contributed by atoms with Crippen molar-refractivity contribution in [1.82, 2.24) is 0 Å². The van der Waals surface area contributed by atoms with Crippen LogP contribution in [0.15, 0.2) is 48.7 Å². The van der Waals surface area contributed by atoms with Gasteiger partial charge in [-0.25, -0.2) is 0 Å². The zero-order chi connectivity index (χ0) is 29.3. The molecule has 5 fully saturated rings. The summed E-state index contributed by atoms with van der Waals surface area (Å²) in [7, 11) is 0. The minimum absolute atomic E-state index is 0. The van der Waals surface area contributed by atoms with Crippen LogP contribution in [0.5, 0.6) is 0 Å². The van der Waals surface area contributed by atoms with E-state index in [2.05, 4.69) is 46.6 Å². The molecule has 3 heteroatoms. The highest BCUT2D eigenvalue weighted by atomic mass is 16.5. The second-order valence-electron chi connectivity index (χ2n) is 15.2. The SMILES string of the molecule is C.C=C1CCC2(CC=C(C)CC2C)CO1.C=C1CCC2(CCC(C)CC2)CO1.C=C1CCC2(CCCCCCC2)CO1. The van der Waals surface area contributed by atoms with Gasteiger partial charge in [0.2, 0.25) is 0 Å². The fourth-order valence-corrected chi connectivity index (χ4v) is 8.12. The Hall–Kier alpha value is -1.64. The highest BCUT2D eigenvalue weighted by Crippen LogP contribution is 2.48. The molecule has 240 valence electrons. The van der Waals surface area contributed by atoms with Gasteiger partial charge in [-0.2, -0.15) is 0 Å². The van der Waals surface area contributed by atoms with Gasteiger partial charge in [0, 0.05) is 35.5 Å². The van der Waals surface area contributed by atoms with Gasteiger partial charge in [-0.1, -0.05) is 97.6 Å². The molecule has 6 aliphatic rings. The molecule has 2 unspecified atom stereocenters. The molecule has 0 aromatic heterocycles. The van der Waals surface area contributed by atoms with E-state index in [9.17, 15) is 0 Å². The van der Waals surface area contributed by atoms with Crippen LogP contribution in [0.1, 0.15) is 150 Å². The molecule has 3 saturated heterocycles. The van der Waals surface area contributed by atoms with Crippen molar-refractivity contribution in [2.45, 2.75) is 150 Å². The molecule has 0 amide bonds. The molecule has 0 aromatic carbocycles. The van der Waals surface area contributed by atoms with Gasteiger partial charge in [0.15, 0.2) is 0 Å². The first-order valence-corrected chi connectivity index (χ1v) is 17.2. The van der Waals surface area contributed by atoms with Crippen LogP contribution < -0.4 is 0 Å². The maximum absolute atomic E-state index is 5.67. The molecule has 3 aliphatic carbocycles. The van der Waals surface area contributed by atoms with Gasteiger partial charge in [0.05, 0.1) is 37.1 Å². The molecule has 3 aliphatic heterocycles. The van der Waals surface area contributed by atoms with E-state index in [-0.39, 0.29) is 7.43 Å². The lowest BCUT2D eigenvalue weighted by Gasteiger charge is -2.44. The number of ether oxygens (including phenoxy) is 3. The fourth-order valence-electron chi connectivity index (χ4n) is 8.12. The second-order valence-corrected chi connectivity index (χ2v) is 15.2. The zero-order valence-electron chi connectivity index (χ0n) is 27.1. The van der Waals surface area contributed by atoms with Crippen molar-refractivity contribution in [2.24, 2.45) is 28.1 Å². The average Bonchev–Trinajstić information content (AvgIpc) is 2.96. The molecule has 3 heterocycles. The Kier molecular flexibility index (Phi) is 13.2. The first kappa shape index (κ1) is 34.8. The van der Waals surface area contributed by atoms with Crippen molar-refractivity contribution in [3.05, 3.63) is 48.7 Å². The summed E-state index contributed by atoms with van der Waals surface area (Å²) in [6.45, 7) is 21.5. The number of hydrogen-bond acceptors (Lipinski definition) is 3. The average molecular weight is 583 g/mol. The van der Waals surface area contributed by atoms with Gasteiger partial charge >= 0.3 is 0 Å². The normalized spacial score (nSPS) is 34.5. The largest absolute Gasteiger partial charge is 0.498 e. The Morgan fingerprint density at radius 1 is 0.643 bits per heavy atom. The number of rotatable bonds is 0. The first-order chi connectivity index (χ1) is 19.6. The molecular weight excluding hydrogens is 516 g/mol. The Labute approximate surface area is 260 Å². The fraction of sp³-hybridized carbons (Fsp3) is 0.795. The lowest BCUT2D eigenvalue weighted by molar-refractivity contribution is -0.00226. The van der Waals surface area contributed by atoms with Crippen molar-refractivity contribution in [3.8, 4) is 0 Å². The molecule has 2 atom stereocenters. The van der Waals surface area contributed by atoms with E-state index in [0.29, 0.717) is 16.2 Å². The third-order valence-corrected chi connectivity index (χ3v) is 11.8. The van der Waals surface area contributed by atoms with Crippen molar-refractivity contribution in [2.75, 3.05) is 19.8 Å². The Morgan fingerprint density at radius 2 is 1.12 bits per heavy atom. The Bertz CT molecular complexity index is 876. The van der Waals surface area contributed by atoms with Crippen LogP contribution in [0.4, 0.5) is 0 Å². The highest BCUT2D eigenvalue weighted by Gasteiger charge is 2.40. The standard InChI is InChI=1S/C13H20O.C13H22O.C12H20O.CH4/c1-10-4-6-13(11(2)8-10)7-5-12(3)14-9-13;1-12-7-10-13(11-14-12)8-5-3-2-4-6-9-13;1-10-3-6-12(7-4-10)8-5-11(2)13-9-12;/h4,11H,3,5-9H2,1-2H3;1-11H2;10H,2-9H2,1H3;1H4. The predicted octanol–water partition coefficient (Wildman–Crippen LogP) is 11.9. The van der Waals surface area contributed by atoms with Crippen molar-refractivity contribution < 1.29 is 14.2 Å². The maximum atomic E-state index is 5.67. The summed E-state index contributed by atoms with van der Waals surface area (Å²) in [4.78, 5) is 0. The van der Waals surface area contributed by atoms with Crippen LogP contribution in [0.2, 0.25) is 0 Å². The molecule has 42 heavy (non-hydrogen) atoms. The number of allylic oxidation sites excluding steroid dienone is 5. The van der Waals surface area contributed by atoms with Gasteiger partial charge in [0.1, 0.15) is 0 Å². The summed E-state index contributed by atoms with van der Waals surface area (Å²) < 4.78 is 16.9. The van der Waals surface area contributed by atoms with Crippen molar-refractivity contribution in [3.63, 3.8) is 0 Å². The summed E-state index contributed by atoms with van der Waals surface area (Å²) in [5.74, 6) is 4.70. The van der Waals surface area contributed by atoms with Crippen LogP contribution in [-0.4, -0.2) is 19.8 Å². The summed E-state index contributed by atoms with van der Waals surface area (Å²) in [5.41, 5.74) is 3.03. The summed E-state index contributed by atoms with van der Waals surface area (Å²) in [5, 5.41) is 0. The monoisotopic (exact) mass is 583 g/mol. The van der Waals surface area contributed by atoms with Gasteiger partial charge in [-0.3, -0.25) is 0 Å². The summed E-state index contributed by atoms with van der Waals surface area (Å²) >= 11 is 0. The molecular formula is C39H66O3. The van der Waals surface area contributed by atoms with Crippen molar-refractivity contribution >= 4 is 0 Å². The van der Waals surface area contributed by atoms with Crippen LogP contribution >= 0.6 is 0 Å². The molecule has 0 radical (unpaired) electrons. The zero-order valence-corrected chi connectivity index (χ0v) is 27.1. The van der Waals surface area contributed by atoms with E-state index in [4.69, 9.17) is 14.2 Å². The van der Waals surface area contributed by atoms with Gasteiger partial charge < -0.3 is 14.2 Å². The molecule has 3 nitrogen and oxygen atoms in total. The lowest BCUT2D eigenvalue weighted by atomic mass is 9.65. The van der Waals surface area contributed by atoms with Gasteiger partial charge in [-0.15, -0.1) is 0 Å². The van der Waals surface area contributed by atoms with Gasteiger partial charge in [-0.05, 0) is 76.5 Å². The van der Waals surface area contributed by atoms with Gasteiger partial charge in [0.25, 0.3) is 0 Å². The number of hydrogen-bond donors (Lipinski definition) is 0. The molecule has 0 aromatic rings. The van der Waals surface area contributed by atoms with E-state index < -0.39 is 0 Å². The van der Waals surface area contributed by atoms with Crippen LogP contribution in [0, 0.1) is 28.1 Å². The second kappa shape index (κ2) is 15.9. The van der Waals surface area contributed by atoms with Crippen LogP contribution in [-0.2, 0) is 14.2 Å². The van der Waals surface area contributed by atoms with Crippen LogP contribution in [0.3, 0.4) is 0 Å². The summed E-state index contributed by atoms with van der Waals surface area (Å²) in [6, 6.07) is 0.